The SMILES string of the molecule is Cc1ccc(C(=O)C2CC(N)C2)o1. The molecule has 0 saturated heterocycles. The van der Waals surface area contributed by atoms with Gasteiger partial charge in [-0.2, -0.15) is 0 Å². The molecule has 0 amide bonds. The highest BCUT2D eigenvalue weighted by Crippen LogP contribution is 2.29. The number of rotatable bonds is 2. The largest absolute Gasteiger partial charge is 0.458 e. The van der Waals surface area contributed by atoms with Crippen molar-refractivity contribution in [3.05, 3.63) is 23.7 Å². The Morgan fingerprint density at radius 2 is 2.23 bits per heavy atom. The normalized spacial score (nSPS) is 26.9. The Labute approximate surface area is 76.9 Å². The van der Waals surface area contributed by atoms with Gasteiger partial charge in [0.2, 0.25) is 5.78 Å². The molecule has 1 aromatic rings. The van der Waals surface area contributed by atoms with Gasteiger partial charge in [0.15, 0.2) is 5.76 Å². The molecule has 0 aromatic carbocycles. The van der Waals surface area contributed by atoms with Crippen molar-refractivity contribution < 1.29 is 9.21 Å². The quantitative estimate of drug-likeness (QED) is 0.700. The first-order valence-electron chi connectivity index (χ1n) is 4.53. The molecule has 3 nitrogen and oxygen atoms in total. The minimum absolute atomic E-state index is 0.0977. The van der Waals surface area contributed by atoms with Gasteiger partial charge in [0.25, 0.3) is 0 Å². The van der Waals surface area contributed by atoms with E-state index in [-0.39, 0.29) is 17.7 Å². The molecule has 1 fully saturated rings. The van der Waals surface area contributed by atoms with E-state index >= 15 is 0 Å². The van der Waals surface area contributed by atoms with Crippen LogP contribution in [0.4, 0.5) is 0 Å². The minimum Gasteiger partial charge on any atom is -0.458 e. The molecule has 0 unspecified atom stereocenters. The Hall–Kier alpha value is -1.09. The summed E-state index contributed by atoms with van der Waals surface area (Å²) in [7, 11) is 0. The highest BCUT2D eigenvalue weighted by molar-refractivity contribution is 5.96. The predicted octanol–water partition coefficient (Wildman–Crippen LogP) is 1.51. The average molecular weight is 179 g/mol. The molecule has 0 aliphatic heterocycles. The number of carbonyl (C=O) groups is 1. The van der Waals surface area contributed by atoms with Gasteiger partial charge in [-0.3, -0.25) is 4.79 Å². The Morgan fingerprint density at radius 1 is 1.54 bits per heavy atom. The van der Waals surface area contributed by atoms with Gasteiger partial charge < -0.3 is 10.2 Å². The fraction of sp³-hybridized carbons (Fsp3) is 0.500. The minimum atomic E-state index is 0.0977. The second kappa shape index (κ2) is 3.00. The molecule has 1 saturated carbocycles. The first kappa shape index (κ1) is 8.51. The van der Waals surface area contributed by atoms with Crippen molar-refractivity contribution in [2.24, 2.45) is 11.7 Å². The summed E-state index contributed by atoms with van der Waals surface area (Å²) in [4.78, 5) is 11.6. The van der Waals surface area contributed by atoms with Crippen LogP contribution in [0.3, 0.4) is 0 Å². The van der Waals surface area contributed by atoms with Crippen molar-refractivity contribution in [2.45, 2.75) is 25.8 Å². The van der Waals surface area contributed by atoms with Crippen LogP contribution in [-0.4, -0.2) is 11.8 Å². The summed E-state index contributed by atoms with van der Waals surface area (Å²) in [5.41, 5.74) is 5.61. The smallest absolute Gasteiger partial charge is 0.201 e. The monoisotopic (exact) mass is 179 g/mol. The van der Waals surface area contributed by atoms with Gasteiger partial charge in [-0.1, -0.05) is 0 Å². The van der Waals surface area contributed by atoms with E-state index in [4.69, 9.17) is 10.2 Å². The third kappa shape index (κ3) is 1.52. The van der Waals surface area contributed by atoms with Crippen LogP contribution in [0.2, 0.25) is 0 Å². The van der Waals surface area contributed by atoms with E-state index in [9.17, 15) is 4.79 Å². The molecule has 3 heteroatoms. The van der Waals surface area contributed by atoms with Crippen LogP contribution in [0.5, 0.6) is 0 Å². The zero-order valence-corrected chi connectivity index (χ0v) is 7.62. The summed E-state index contributed by atoms with van der Waals surface area (Å²) in [6, 6.07) is 3.76. The van der Waals surface area contributed by atoms with E-state index in [1.165, 1.54) is 0 Å². The number of nitrogens with two attached hydrogens (primary N) is 1. The number of furan rings is 1. The molecule has 0 spiro atoms. The molecule has 1 aliphatic rings. The molecule has 1 aromatic heterocycles. The maximum atomic E-state index is 11.6. The van der Waals surface area contributed by atoms with E-state index in [2.05, 4.69) is 0 Å². The first-order valence-corrected chi connectivity index (χ1v) is 4.53. The standard InChI is InChI=1S/C10H13NO2/c1-6-2-3-9(13-6)10(12)7-4-8(11)5-7/h2-3,7-8H,4-5,11H2,1H3. The van der Waals surface area contributed by atoms with Crippen molar-refractivity contribution in [2.75, 3.05) is 0 Å². The average Bonchev–Trinajstić information content (AvgIpc) is 2.45. The highest BCUT2D eigenvalue weighted by atomic mass is 16.3. The number of ketones is 1. The number of hydrogen-bond donors (Lipinski definition) is 1. The van der Waals surface area contributed by atoms with Crippen LogP contribution in [0.25, 0.3) is 0 Å². The molecule has 0 atom stereocenters. The molecule has 0 bridgehead atoms. The van der Waals surface area contributed by atoms with E-state index in [1.54, 1.807) is 6.07 Å². The number of carbonyl (C=O) groups excluding carboxylic acids is 1. The molecular weight excluding hydrogens is 166 g/mol. The molecule has 2 rings (SSSR count). The molecule has 0 radical (unpaired) electrons. The van der Waals surface area contributed by atoms with Gasteiger partial charge in [0, 0.05) is 12.0 Å². The third-order valence-electron chi connectivity index (χ3n) is 2.53. The third-order valence-corrected chi connectivity index (χ3v) is 2.53. The molecule has 1 heterocycles. The lowest BCUT2D eigenvalue weighted by molar-refractivity contribution is 0.0801. The van der Waals surface area contributed by atoms with Crippen LogP contribution in [0, 0.1) is 12.8 Å². The lowest BCUT2D eigenvalue weighted by Crippen LogP contribution is -2.40. The number of Topliss-reactive ketones (excluding diaryl/α,β-unsaturated/α-hetero) is 1. The lowest BCUT2D eigenvalue weighted by atomic mass is 9.77. The first-order chi connectivity index (χ1) is 6.16. The summed E-state index contributed by atoms with van der Waals surface area (Å²) >= 11 is 0. The summed E-state index contributed by atoms with van der Waals surface area (Å²) in [5.74, 6) is 1.47. The predicted molar refractivity (Wildman–Crippen MR) is 48.5 cm³/mol. The van der Waals surface area contributed by atoms with Crippen LogP contribution < -0.4 is 5.73 Å². The summed E-state index contributed by atoms with van der Waals surface area (Å²) in [6.07, 6.45) is 1.61. The Kier molecular flexibility index (Phi) is 1.96. The van der Waals surface area contributed by atoms with E-state index in [1.807, 2.05) is 13.0 Å². The molecule has 2 N–H and O–H groups in total. The van der Waals surface area contributed by atoms with Crippen molar-refractivity contribution in [3.8, 4) is 0 Å². The molecule has 70 valence electrons. The Balaban J connectivity index is 2.06. The molecular formula is C10H13NO2. The van der Waals surface area contributed by atoms with Gasteiger partial charge >= 0.3 is 0 Å². The summed E-state index contributed by atoms with van der Waals surface area (Å²) in [5, 5.41) is 0. The second-order valence-electron chi connectivity index (χ2n) is 3.70. The summed E-state index contributed by atoms with van der Waals surface area (Å²) in [6.45, 7) is 1.84. The van der Waals surface area contributed by atoms with E-state index < -0.39 is 0 Å². The van der Waals surface area contributed by atoms with Crippen molar-refractivity contribution in [1.29, 1.82) is 0 Å². The fourth-order valence-corrected chi connectivity index (χ4v) is 1.64. The number of hydrogen-bond acceptors (Lipinski definition) is 3. The van der Waals surface area contributed by atoms with E-state index in [0.29, 0.717) is 5.76 Å². The van der Waals surface area contributed by atoms with Crippen LogP contribution in [0.1, 0.15) is 29.2 Å². The maximum Gasteiger partial charge on any atom is 0.201 e. The summed E-state index contributed by atoms with van der Waals surface area (Å²) < 4.78 is 5.25. The second-order valence-corrected chi connectivity index (χ2v) is 3.70. The Bertz CT molecular complexity index is 323. The topological polar surface area (TPSA) is 56.2 Å². The van der Waals surface area contributed by atoms with Crippen LogP contribution in [0.15, 0.2) is 16.5 Å². The van der Waals surface area contributed by atoms with Crippen molar-refractivity contribution in [3.63, 3.8) is 0 Å². The van der Waals surface area contributed by atoms with E-state index in [0.717, 1.165) is 18.6 Å². The van der Waals surface area contributed by atoms with Gasteiger partial charge in [0.05, 0.1) is 0 Å². The van der Waals surface area contributed by atoms with Gasteiger partial charge in [-0.05, 0) is 31.9 Å². The van der Waals surface area contributed by atoms with Crippen LogP contribution in [-0.2, 0) is 0 Å². The zero-order valence-electron chi connectivity index (χ0n) is 7.62. The van der Waals surface area contributed by atoms with Crippen molar-refractivity contribution in [1.82, 2.24) is 0 Å². The number of aryl methyl sites for hydroxylation is 1. The molecule has 13 heavy (non-hydrogen) atoms. The zero-order chi connectivity index (χ0) is 9.42. The lowest BCUT2D eigenvalue weighted by Gasteiger charge is -2.30. The van der Waals surface area contributed by atoms with Crippen LogP contribution >= 0.6 is 0 Å². The van der Waals surface area contributed by atoms with Gasteiger partial charge in [0.1, 0.15) is 5.76 Å². The van der Waals surface area contributed by atoms with Crippen molar-refractivity contribution >= 4 is 5.78 Å². The Morgan fingerprint density at radius 3 is 2.69 bits per heavy atom. The fourth-order valence-electron chi connectivity index (χ4n) is 1.64. The highest BCUT2D eigenvalue weighted by Gasteiger charge is 2.33. The van der Waals surface area contributed by atoms with Gasteiger partial charge in [-0.15, -0.1) is 0 Å². The maximum absolute atomic E-state index is 11.6. The van der Waals surface area contributed by atoms with Gasteiger partial charge in [-0.25, -0.2) is 0 Å². The molecule has 1 aliphatic carbocycles.